The number of hydrogen-bond acceptors (Lipinski definition) is 4. The molecule has 1 aliphatic rings. The van der Waals surface area contributed by atoms with Gasteiger partial charge in [0.2, 0.25) is 5.91 Å². The third-order valence-electron chi connectivity index (χ3n) is 3.34. The van der Waals surface area contributed by atoms with E-state index in [0.29, 0.717) is 13.0 Å². The number of methoxy groups -OCH3 is 1. The van der Waals surface area contributed by atoms with E-state index in [1.165, 1.54) is 7.11 Å². The molecule has 0 saturated carbocycles. The zero-order chi connectivity index (χ0) is 14.5. The number of ether oxygens (including phenoxy) is 2. The molecule has 1 amide bonds. The minimum atomic E-state index is -0.271. The van der Waals surface area contributed by atoms with E-state index in [-0.39, 0.29) is 35.9 Å². The molecule has 2 atom stereocenters. The number of nitrogens with one attached hydrogen (secondary N) is 1. The largest absolute Gasteiger partial charge is 0.469 e. The third kappa shape index (κ3) is 6.05. The Morgan fingerprint density at radius 2 is 2.11 bits per heavy atom. The Morgan fingerprint density at radius 1 is 1.42 bits per heavy atom. The van der Waals surface area contributed by atoms with Crippen LogP contribution < -0.4 is 5.32 Å². The molecule has 0 bridgehead atoms. The number of rotatable bonds is 5. The van der Waals surface area contributed by atoms with E-state index in [1.54, 1.807) is 0 Å². The van der Waals surface area contributed by atoms with E-state index < -0.39 is 0 Å². The molecule has 1 fully saturated rings. The molecule has 110 valence electrons. The van der Waals surface area contributed by atoms with Crippen molar-refractivity contribution < 1.29 is 19.1 Å². The van der Waals surface area contributed by atoms with Crippen molar-refractivity contribution in [1.29, 1.82) is 0 Å². The highest BCUT2D eigenvalue weighted by atomic mass is 16.5. The second-order valence-electron chi connectivity index (χ2n) is 5.95. The van der Waals surface area contributed by atoms with Crippen LogP contribution in [-0.4, -0.2) is 37.2 Å². The summed E-state index contributed by atoms with van der Waals surface area (Å²) in [6, 6.07) is 0.168. The normalized spacial score (nSPS) is 23.5. The van der Waals surface area contributed by atoms with Gasteiger partial charge in [0, 0.05) is 25.5 Å². The quantitative estimate of drug-likeness (QED) is 0.772. The van der Waals surface area contributed by atoms with E-state index in [2.05, 4.69) is 10.1 Å². The summed E-state index contributed by atoms with van der Waals surface area (Å²) >= 11 is 0. The van der Waals surface area contributed by atoms with Crippen LogP contribution in [0, 0.1) is 5.92 Å². The summed E-state index contributed by atoms with van der Waals surface area (Å²) in [5, 5.41) is 3.03. The fourth-order valence-corrected chi connectivity index (χ4v) is 2.40. The van der Waals surface area contributed by atoms with Crippen LogP contribution in [0.5, 0.6) is 0 Å². The van der Waals surface area contributed by atoms with Gasteiger partial charge in [-0.15, -0.1) is 0 Å². The Kier molecular flexibility index (Phi) is 5.79. The Labute approximate surface area is 115 Å². The van der Waals surface area contributed by atoms with E-state index in [0.717, 1.165) is 12.8 Å². The third-order valence-corrected chi connectivity index (χ3v) is 3.34. The minimum absolute atomic E-state index is 0.000278. The van der Waals surface area contributed by atoms with E-state index >= 15 is 0 Å². The van der Waals surface area contributed by atoms with Gasteiger partial charge in [-0.2, -0.15) is 0 Å². The fraction of sp³-hybridized carbons (Fsp3) is 0.857. The number of esters is 1. The standard InChI is InChI=1S/C14H25NO4/c1-10(8-13(17)18-4)7-12(16)15-11-5-6-19-14(2,3)9-11/h10-11H,5-9H2,1-4H3,(H,15,16). The zero-order valence-corrected chi connectivity index (χ0v) is 12.3. The maximum atomic E-state index is 11.9. The van der Waals surface area contributed by atoms with Crippen molar-refractivity contribution in [1.82, 2.24) is 5.32 Å². The number of carbonyl (C=O) groups excluding carboxylic acids is 2. The van der Waals surface area contributed by atoms with Gasteiger partial charge in [0.25, 0.3) is 0 Å². The molecule has 19 heavy (non-hydrogen) atoms. The minimum Gasteiger partial charge on any atom is -0.469 e. The number of amides is 1. The summed E-state index contributed by atoms with van der Waals surface area (Å²) < 4.78 is 10.2. The van der Waals surface area contributed by atoms with Gasteiger partial charge in [-0.3, -0.25) is 9.59 Å². The highest BCUT2D eigenvalue weighted by molar-refractivity contribution is 5.77. The molecule has 0 spiro atoms. The molecule has 5 nitrogen and oxygen atoms in total. The average molecular weight is 271 g/mol. The fourth-order valence-electron chi connectivity index (χ4n) is 2.40. The molecular weight excluding hydrogens is 246 g/mol. The molecule has 0 aromatic carbocycles. The molecule has 0 radical (unpaired) electrons. The van der Waals surface area contributed by atoms with Crippen molar-refractivity contribution in [2.45, 2.75) is 58.1 Å². The van der Waals surface area contributed by atoms with Gasteiger partial charge in [0.05, 0.1) is 12.7 Å². The van der Waals surface area contributed by atoms with Crippen LogP contribution in [0.25, 0.3) is 0 Å². The maximum Gasteiger partial charge on any atom is 0.305 e. The van der Waals surface area contributed by atoms with Crippen LogP contribution in [0.2, 0.25) is 0 Å². The number of carbonyl (C=O) groups is 2. The molecule has 2 unspecified atom stereocenters. The summed E-state index contributed by atoms with van der Waals surface area (Å²) in [6.07, 6.45) is 2.31. The lowest BCUT2D eigenvalue weighted by Gasteiger charge is -2.35. The second-order valence-corrected chi connectivity index (χ2v) is 5.95. The smallest absolute Gasteiger partial charge is 0.305 e. The molecule has 1 aliphatic heterocycles. The first-order valence-electron chi connectivity index (χ1n) is 6.82. The van der Waals surface area contributed by atoms with Crippen molar-refractivity contribution in [3.8, 4) is 0 Å². The first-order chi connectivity index (χ1) is 8.82. The lowest BCUT2D eigenvalue weighted by atomic mass is 9.93. The molecule has 5 heteroatoms. The predicted octanol–water partition coefficient (Wildman–Crippen LogP) is 1.65. The molecule has 1 heterocycles. The van der Waals surface area contributed by atoms with Crippen molar-refractivity contribution in [2.75, 3.05) is 13.7 Å². The molecule has 1 rings (SSSR count). The van der Waals surface area contributed by atoms with Crippen LogP contribution in [0.15, 0.2) is 0 Å². The SMILES string of the molecule is COC(=O)CC(C)CC(=O)NC1CCOC(C)(C)C1. The van der Waals surface area contributed by atoms with Gasteiger partial charge in [0.1, 0.15) is 0 Å². The Balaban J connectivity index is 2.32. The first-order valence-corrected chi connectivity index (χ1v) is 6.82. The van der Waals surface area contributed by atoms with Gasteiger partial charge in [0.15, 0.2) is 0 Å². The highest BCUT2D eigenvalue weighted by Crippen LogP contribution is 2.24. The second kappa shape index (κ2) is 6.89. The topological polar surface area (TPSA) is 64.6 Å². The Morgan fingerprint density at radius 3 is 2.68 bits per heavy atom. The molecule has 0 aromatic rings. The van der Waals surface area contributed by atoms with Crippen molar-refractivity contribution in [3.63, 3.8) is 0 Å². The lowest BCUT2D eigenvalue weighted by Crippen LogP contribution is -2.46. The van der Waals surface area contributed by atoms with Crippen molar-refractivity contribution in [3.05, 3.63) is 0 Å². The van der Waals surface area contributed by atoms with Gasteiger partial charge in [-0.25, -0.2) is 0 Å². The number of hydrogen-bond donors (Lipinski definition) is 1. The molecular formula is C14H25NO4. The molecule has 0 aromatic heterocycles. The van der Waals surface area contributed by atoms with Crippen molar-refractivity contribution >= 4 is 11.9 Å². The molecule has 1 N–H and O–H groups in total. The summed E-state index contributed by atoms with van der Waals surface area (Å²) in [4.78, 5) is 23.0. The van der Waals surface area contributed by atoms with E-state index in [9.17, 15) is 9.59 Å². The van der Waals surface area contributed by atoms with E-state index in [4.69, 9.17) is 4.74 Å². The zero-order valence-electron chi connectivity index (χ0n) is 12.3. The van der Waals surface area contributed by atoms with Crippen LogP contribution >= 0.6 is 0 Å². The van der Waals surface area contributed by atoms with E-state index in [1.807, 2.05) is 20.8 Å². The Hall–Kier alpha value is -1.10. The van der Waals surface area contributed by atoms with Gasteiger partial charge in [-0.1, -0.05) is 6.92 Å². The van der Waals surface area contributed by atoms with Crippen LogP contribution in [0.4, 0.5) is 0 Å². The van der Waals surface area contributed by atoms with Crippen LogP contribution in [0.3, 0.4) is 0 Å². The maximum absolute atomic E-state index is 11.9. The summed E-state index contributed by atoms with van der Waals surface area (Å²) in [6.45, 7) is 6.62. The molecule has 0 aliphatic carbocycles. The monoisotopic (exact) mass is 271 g/mol. The Bertz CT molecular complexity index is 327. The molecule has 1 saturated heterocycles. The van der Waals surface area contributed by atoms with Gasteiger partial charge >= 0.3 is 5.97 Å². The van der Waals surface area contributed by atoms with Crippen LogP contribution in [0.1, 0.15) is 46.5 Å². The van der Waals surface area contributed by atoms with Crippen molar-refractivity contribution in [2.24, 2.45) is 5.92 Å². The van der Waals surface area contributed by atoms with Gasteiger partial charge < -0.3 is 14.8 Å². The van der Waals surface area contributed by atoms with Crippen LogP contribution in [-0.2, 0) is 19.1 Å². The summed E-state index contributed by atoms with van der Waals surface area (Å²) in [5.41, 5.74) is -0.173. The average Bonchev–Trinajstić information content (AvgIpc) is 2.26. The highest BCUT2D eigenvalue weighted by Gasteiger charge is 2.29. The summed E-state index contributed by atoms with van der Waals surface area (Å²) in [7, 11) is 1.36. The summed E-state index contributed by atoms with van der Waals surface area (Å²) in [5.74, 6) is -0.271. The first kappa shape index (κ1) is 16.0. The van der Waals surface area contributed by atoms with Gasteiger partial charge in [-0.05, 0) is 32.6 Å². The lowest BCUT2D eigenvalue weighted by molar-refractivity contribution is -0.141. The predicted molar refractivity (Wildman–Crippen MR) is 71.6 cm³/mol.